The molecule has 4 aromatic rings. The zero-order valence-corrected chi connectivity index (χ0v) is 26.6. The molecule has 46 heavy (non-hydrogen) atoms. The second-order valence-electron chi connectivity index (χ2n) is 12.5. The van der Waals surface area contributed by atoms with Crippen molar-refractivity contribution >= 4 is 6.03 Å². The van der Waals surface area contributed by atoms with Crippen molar-refractivity contribution in [3.63, 3.8) is 0 Å². The maximum atomic E-state index is 12.4. The Morgan fingerprint density at radius 3 is 2.13 bits per heavy atom. The van der Waals surface area contributed by atoms with Crippen molar-refractivity contribution in [2.45, 2.75) is 64.4 Å². The molecule has 0 aliphatic carbocycles. The summed E-state index contributed by atoms with van der Waals surface area (Å²) in [6, 6.07) is 34.5. The molecule has 4 atom stereocenters. The summed E-state index contributed by atoms with van der Waals surface area (Å²) >= 11 is 0. The van der Waals surface area contributed by atoms with Crippen LogP contribution in [0.3, 0.4) is 0 Å². The molecular weight excluding hydrogens is 574 g/mol. The highest BCUT2D eigenvalue weighted by molar-refractivity contribution is 5.74. The third-order valence-corrected chi connectivity index (χ3v) is 9.20. The van der Waals surface area contributed by atoms with Gasteiger partial charge < -0.3 is 30.1 Å². The summed E-state index contributed by atoms with van der Waals surface area (Å²) in [4.78, 5) is 14.9. The van der Waals surface area contributed by atoms with E-state index in [1.807, 2.05) is 54.6 Å². The molecule has 0 spiro atoms. The summed E-state index contributed by atoms with van der Waals surface area (Å²) in [5.74, 6) is 0.175. The number of rotatable bonds is 10. The first-order chi connectivity index (χ1) is 22.6. The number of carbonyl (C=O) groups is 1. The zero-order valence-electron chi connectivity index (χ0n) is 26.6. The predicted octanol–water partition coefficient (Wildman–Crippen LogP) is 7.12. The van der Waals surface area contributed by atoms with Crippen LogP contribution in [0.25, 0.3) is 11.1 Å². The second-order valence-corrected chi connectivity index (χ2v) is 12.5. The van der Waals surface area contributed by atoms with Crippen molar-refractivity contribution in [1.82, 2.24) is 15.5 Å². The molecular formula is C39H45N3O4. The standard InChI is InChI=1S/C39H45N3O4/c1-28-36(26-42-21-6-3-7-22-42)45-38(46-37(28)33-15-13-30(27-43)14-16-33)34-19-17-32(18-20-34)35-12-8-11-31(23-35)25-41-39(44)40-24-29-9-4-2-5-10-29/h2,4-5,8-20,23,28,36-38,43H,3,6-7,21-22,24-27H2,1H3,(H2,40,41,44)/t28-,36+,37+,38+/m1/s1. The number of likely N-dealkylation sites (tertiary alicyclic amines) is 1. The van der Waals surface area contributed by atoms with Gasteiger partial charge in [0.15, 0.2) is 6.29 Å². The number of aliphatic hydroxyl groups is 1. The lowest BCUT2D eigenvalue weighted by atomic mass is 9.89. The number of piperidine rings is 1. The van der Waals surface area contributed by atoms with Crippen LogP contribution in [-0.4, -0.2) is 41.8 Å². The van der Waals surface area contributed by atoms with Gasteiger partial charge in [-0.2, -0.15) is 0 Å². The third kappa shape index (κ3) is 8.22. The number of hydrogen-bond acceptors (Lipinski definition) is 5. The van der Waals surface area contributed by atoms with E-state index < -0.39 is 6.29 Å². The van der Waals surface area contributed by atoms with Crippen molar-refractivity contribution < 1.29 is 19.4 Å². The number of ether oxygens (including phenoxy) is 2. The summed E-state index contributed by atoms with van der Waals surface area (Å²) in [6.45, 7) is 6.32. The lowest BCUT2D eigenvalue weighted by molar-refractivity contribution is -0.276. The van der Waals surface area contributed by atoms with Gasteiger partial charge in [0.1, 0.15) is 0 Å². The van der Waals surface area contributed by atoms with Gasteiger partial charge in [0, 0.05) is 31.1 Å². The largest absolute Gasteiger partial charge is 0.392 e. The van der Waals surface area contributed by atoms with Crippen molar-refractivity contribution in [2.75, 3.05) is 19.6 Å². The monoisotopic (exact) mass is 619 g/mol. The molecule has 0 saturated carbocycles. The van der Waals surface area contributed by atoms with Crippen molar-refractivity contribution in [3.8, 4) is 11.1 Å². The Kier molecular flexibility index (Phi) is 10.8. The van der Waals surface area contributed by atoms with Crippen molar-refractivity contribution in [1.29, 1.82) is 0 Å². The lowest BCUT2D eigenvalue weighted by Crippen LogP contribution is -2.45. The molecule has 240 valence electrons. The topological polar surface area (TPSA) is 83.1 Å². The molecule has 0 radical (unpaired) electrons. The number of nitrogens with one attached hydrogen (secondary N) is 2. The van der Waals surface area contributed by atoms with Gasteiger partial charge in [-0.1, -0.05) is 110 Å². The van der Waals surface area contributed by atoms with Crippen LogP contribution >= 0.6 is 0 Å². The van der Waals surface area contributed by atoms with E-state index in [2.05, 4.69) is 71.0 Å². The van der Waals surface area contributed by atoms with Gasteiger partial charge in [0.05, 0.1) is 18.8 Å². The smallest absolute Gasteiger partial charge is 0.315 e. The molecule has 2 aliphatic heterocycles. The minimum Gasteiger partial charge on any atom is -0.392 e. The fourth-order valence-corrected chi connectivity index (χ4v) is 6.44. The molecule has 0 aromatic heterocycles. The first kappa shape index (κ1) is 32.0. The minimum atomic E-state index is -0.479. The molecule has 0 bridgehead atoms. The quantitative estimate of drug-likeness (QED) is 0.176. The zero-order chi connectivity index (χ0) is 31.7. The molecule has 7 nitrogen and oxygen atoms in total. The summed E-state index contributed by atoms with van der Waals surface area (Å²) in [6.07, 6.45) is 3.23. The summed E-state index contributed by atoms with van der Waals surface area (Å²) < 4.78 is 13.4. The average molecular weight is 620 g/mol. The molecule has 2 fully saturated rings. The number of urea groups is 1. The van der Waals surface area contributed by atoms with Gasteiger partial charge in [0.25, 0.3) is 0 Å². The first-order valence-electron chi connectivity index (χ1n) is 16.5. The van der Waals surface area contributed by atoms with Crippen LogP contribution in [0.15, 0.2) is 103 Å². The maximum absolute atomic E-state index is 12.4. The highest BCUT2D eigenvalue weighted by atomic mass is 16.7. The second kappa shape index (κ2) is 15.5. The Balaban J connectivity index is 1.12. The third-order valence-electron chi connectivity index (χ3n) is 9.20. The molecule has 0 unspecified atom stereocenters. The number of carbonyl (C=O) groups excluding carboxylic acids is 1. The Bertz CT molecular complexity index is 1540. The molecule has 7 heteroatoms. The average Bonchev–Trinajstić information content (AvgIpc) is 3.12. The SMILES string of the molecule is C[C@@H]1[C@H](CN2CCCCC2)O[C@H](c2ccc(-c3cccc(CNC(=O)NCc4ccccc4)c3)cc2)O[C@@H]1c1ccc(CO)cc1. The number of nitrogens with zero attached hydrogens (tertiary/aromatic N) is 1. The fraction of sp³-hybridized carbons (Fsp3) is 0.359. The van der Waals surface area contributed by atoms with Crippen LogP contribution < -0.4 is 10.6 Å². The Morgan fingerprint density at radius 1 is 0.739 bits per heavy atom. The molecule has 4 aromatic carbocycles. The number of hydrogen-bond donors (Lipinski definition) is 3. The van der Waals surface area contributed by atoms with E-state index in [1.54, 1.807) is 0 Å². The number of amides is 2. The van der Waals surface area contributed by atoms with E-state index >= 15 is 0 Å². The van der Waals surface area contributed by atoms with Gasteiger partial charge in [-0.05, 0) is 65.4 Å². The normalized spacial score (nSPS) is 21.9. The Hall–Kier alpha value is -4.01. The van der Waals surface area contributed by atoms with Crippen LogP contribution in [0, 0.1) is 5.92 Å². The Labute approximate surface area is 272 Å². The maximum Gasteiger partial charge on any atom is 0.315 e. The van der Waals surface area contributed by atoms with Gasteiger partial charge in [0.2, 0.25) is 0 Å². The molecule has 2 aliphatic rings. The van der Waals surface area contributed by atoms with Gasteiger partial charge in [-0.25, -0.2) is 4.79 Å². The molecule has 2 saturated heterocycles. The first-order valence-corrected chi connectivity index (χ1v) is 16.5. The van der Waals surface area contributed by atoms with E-state index in [4.69, 9.17) is 9.47 Å². The van der Waals surface area contributed by atoms with Crippen LogP contribution in [0.1, 0.15) is 66.4 Å². The van der Waals surface area contributed by atoms with Crippen LogP contribution in [0.2, 0.25) is 0 Å². The van der Waals surface area contributed by atoms with Crippen LogP contribution in [0.4, 0.5) is 4.79 Å². The lowest BCUT2D eigenvalue weighted by Gasteiger charge is -2.43. The van der Waals surface area contributed by atoms with Crippen molar-refractivity contribution in [2.24, 2.45) is 5.92 Å². The van der Waals surface area contributed by atoms with Crippen molar-refractivity contribution in [3.05, 3.63) is 131 Å². The van der Waals surface area contributed by atoms with E-state index in [9.17, 15) is 9.90 Å². The number of aliphatic hydroxyl groups excluding tert-OH is 1. The van der Waals surface area contributed by atoms with E-state index in [0.29, 0.717) is 13.1 Å². The van der Waals surface area contributed by atoms with E-state index in [0.717, 1.165) is 58.6 Å². The molecule has 2 heterocycles. The fourth-order valence-electron chi connectivity index (χ4n) is 6.44. The van der Waals surface area contributed by atoms with Crippen LogP contribution in [-0.2, 0) is 29.2 Å². The molecule has 3 N–H and O–H groups in total. The predicted molar refractivity (Wildman–Crippen MR) is 181 cm³/mol. The number of benzene rings is 4. The van der Waals surface area contributed by atoms with E-state index in [1.165, 1.54) is 19.3 Å². The highest BCUT2D eigenvalue weighted by Crippen LogP contribution is 2.42. The van der Waals surface area contributed by atoms with Gasteiger partial charge >= 0.3 is 6.03 Å². The van der Waals surface area contributed by atoms with Crippen LogP contribution in [0.5, 0.6) is 0 Å². The molecule has 6 rings (SSSR count). The Morgan fingerprint density at radius 2 is 1.41 bits per heavy atom. The molecule has 2 amide bonds. The highest BCUT2D eigenvalue weighted by Gasteiger charge is 2.39. The summed E-state index contributed by atoms with van der Waals surface area (Å²) in [5, 5.41) is 15.4. The van der Waals surface area contributed by atoms with Gasteiger partial charge in [-0.15, -0.1) is 0 Å². The summed E-state index contributed by atoms with van der Waals surface area (Å²) in [5.41, 5.74) is 7.25. The summed E-state index contributed by atoms with van der Waals surface area (Å²) in [7, 11) is 0. The minimum absolute atomic E-state index is 0.0283. The van der Waals surface area contributed by atoms with E-state index in [-0.39, 0.29) is 30.8 Å². The van der Waals surface area contributed by atoms with Gasteiger partial charge in [-0.3, -0.25) is 0 Å².